The van der Waals surface area contributed by atoms with Crippen LogP contribution in [0, 0.1) is 0 Å². The van der Waals surface area contributed by atoms with Crippen LogP contribution in [0.2, 0.25) is 0 Å². The van der Waals surface area contributed by atoms with Crippen LogP contribution in [0.1, 0.15) is 20.3 Å². The van der Waals surface area contributed by atoms with Gasteiger partial charge in [-0.05, 0) is 32.3 Å². The fourth-order valence-corrected chi connectivity index (χ4v) is 3.28. The molecule has 0 aromatic heterocycles. The standard InChI is InChI=1S/C10H23N2O4PS/c1-4-15-17(14,16-5-2)8-12-9(10(11)13)6-7-18-3/h9,12H,4-8H2,1-3H3,(H2,11,13)/t9-/m0/s1. The Morgan fingerprint density at radius 3 is 2.33 bits per heavy atom. The van der Waals surface area contributed by atoms with Gasteiger partial charge in [0, 0.05) is 0 Å². The van der Waals surface area contributed by atoms with E-state index in [1.165, 1.54) is 0 Å². The number of rotatable bonds is 11. The summed E-state index contributed by atoms with van der Waals surface area (Å²) in [6, 6.07) is -0.508. The van der Waals surface area contributed by atoms with Gasteiger partial charge in [-0.3, -0.25) is 14.7 Å². The molecule has 1 atom stereocenters. The smallest absolute Gasteiger partial charge is 0.344 e. The number of hydrogen-bond acceptors (Lipinski definition) is 6. The molecule has 0 aromatic carbocycles. The Balaban J connectivity index is 4.36. The summed E-state index contributed by atoms with van der Waals surface area (Å²) in [4.78, 5) is 11.2. The van der Waals surface area contributed by atoms with E-state index in [-0.39, 0.29) is 6.29 Å². The first-order valence-corrected chi connectivity index (χ1v) is 9.01. The van der Waals surface area contributed by atoms with Gasteiger partial charge >= 0.3 is 7.60 Å². The fraction of sp³-hybridized carbons (Fsp3) is 0.900. The molecular formula is C10H23N2O4PS. The molecule has 3 N–H and O–H groups in total. The molecule has 8 heteroatoms. The maximum atomic E-state index is 12.1. The quantitative estimate of drug-likeness (QED) is 0.560. The van der Waals surface area contributed by atoms with Crippen LogP contribution in [-0.2, 0) is 18.4 Å². The first-order valence-electron chi connectivity index (χ1n) is 5.88. The molecule has 0 saturated carbocycles. The van der Waals surface area contributed by atoms with Crippen molar-refractivity contribution in [1.29, 1.82) is 0 Å². The van der Waals surface area contributed by atoms with Crippen LogP contribution >= 0.6 is 19.4 Å². The molecule has 0 fully saturated rings. The lowest BCUT2D eigenvalue weighted by atomic mass is 10.2. The molecule has 6 nitrogen and oxygen atoms in total. The SMILES string of the molecule is CCOP(=O)(CN[C@@H](CCSC)C(N)=O)OCC. The van der Waals surface area contributed by atoms with Crippen molar-refractivity contribution in [2.45, 2.75) is 26.3 Å². The summed E-state index contributed by atoms with van der Waals surface area (Å²) in [5.74, 6) is 0.345. The van der Waals surface area contributed by atoms with Gasteiger partial charge in [0.15, 0.2) is 0 Å². The van der Waals surface area contributed by atoms with Gasteiger partial charge in [0.05, 0.1) is 25.5 Å². The van der Waals surface area contributed by atoms with Crippen LogP contribution in [0.15, 0.2) is 0 Å². The van der Waals surface area contributed by atoms with E-state index in [9.17, 15) is 9.36 Å². The zero-order valence-corrected chi connectivity index (χ0v) is 12.9. The molecule has 0 unspecified atom stereocenters. The van der Waals surface area contributed by atoms with E-state index in [4.69, 9.17) is 14.8 Å². The van der Waals surface area contributed by atoms with Crippen molar-refractivity contribution >= 4 is 25.3 Å². The number of hydrogen-bond donors (Lipinski definition) is 2. The Kier molecular flexibility index (Phi) is 9.77. The predicted octanol–water partition coefficient (Wildman–Crippen LogP) is 1.41. The zero-order valence-electron chi connectivity index (χ0n) is 11.2. The van der Waals surface area contributed by atoms with E-state index in [1.807, 2.05) is 6.26 Å². The molecule has 0 aliphatic heterocycles. The van der Waals surface area contributed by atoms with Crippen LogP contribution in [0.4, 0.5) is 0 Å². The van der Waals surface area contributed by atoms with Crippen molar-refractivity contribution in [3.8, 4) is 0 Å². The van der Waals surface area contributed by atoms with E-state index >= 15 is 0 Å². The summed E-state index contributed by atoms with van der Waals surface area (Å²) in [6.07, 6.45) is 2.54. The third kappa shape index (κ3) is 7.38. The third-order valence-corrected chi connectivity index (χ3v) is 4.65. The predicted molar refractivity (Wildman–Crippen MR) is 74.8 cm³/mol. The average Bonchev–Trinajstić information content (AvgIpc) is 2.29. The van der Waals surface area contributed by atoms with Crippen LogP contribution < -0.4 is 11.1 Å². The summed E-state index contributed by atoms with van der Waals surface area (Å²) in [6.45, 7) is 4.08. The van der Waals surface area contributed by atoms with E-state index in [0.29, 0.717) is 19.6 Å². The highest BCUT2D eigenvalue weighted by Gasteiger charge is 2.26. The van der Waals surface area contributed by atoms with Gasteiger partial charge in [0.1, 0.15) is 0 Å². The minimum atomic E-state index is -3.17. The summed E-state index contributed by atoms with van der Waals surface area (Å²) >= 11 is 1.62. The third-order valence-electron chi connectivity index (χ3n) is 2.14. The second kappa shape index (κ2) is 9.81. The monoisotopic (exact) mass is 298 g/mol. The molecule has 18 heavy (non-hydrogen) atoms. The topological polar surface area (TPSA) is 90.6 Å². The number of carbonyl (C=O) groups excluding carboxylic acids is 1. The minimum absolute atomic E-state index is 0.00331. The summed E-state index contributed by atoms with van der Waals surface area (Å²) in [5.41, 5.74) is 5.27. The van der Waals surface area contributed by atoms with Gasteiger partial charge < -0.3 is 14.8 Å². The van der Waals surface area contributed by atoms with Gasteiger partial charge in [0.2, 0.25) is 5.91 Å². The van der Waals surface area contributed by atoms with Crippen LogP contribution in [0.5, 0.6) is 0 Å². The molecule has 1 amide bonds. The lowest BCUT2D eigenvalue weighted by molar-refractivity contribution is -0.119. The van der Waals surface area contributed by atoms with Gasteiger partial charge in [-0.15, -0.1) is 0 Å². The Hall–Kier alpha value is -0.0700. The second-order valence-electron chi connectivity index (χ2n) is 3.55. The Bertz CT molecular complexity index is 281. The highest BCUT2D eigenvalue weighted by atomic mass is 32.2. The lowest BCUT2D eigenvalue weighted by Crippen LogP contribution is -2.42. The number of amides is 1. The number of nitrogens with two attached hydrogens (primary N) is 1. The highest BCUT2D eigenvalue weighted by Crippen LogP contribution is 2.46. The average molecular weight is 298 g/mol. The zero-order chi connectivity index (χ0) is 14.0. The van der Waals surface area contributed by atoms with E-state index in [1.54, 1.807) is 25.6 Å². The minimum Gasteiger partial charge on any atom is -0.368 e. The van der Waals surface area contributed by atoms with E-state index in [2.05, 4.69) is 5.32 Å². The molecule has 0 saturated heterocycles. The van der Waals surface area contributed by atoms with Crippen LogP contribution in [0.25, 0.3) is 0 Å². The van der Waals surface area contributed by atoms with Crippen LogP contribution in [-0.4, -0.2) is 43.5 Å². The molecule has 0 aromatic rings. The molecule has 0 radical (unpaired) electrons. The van der Waals surface area contributed by atoms with Crippen molar-refractivity contribution in [2.24, 2.45) is 5.73 Å². The molecule has 0 aliphatic carbocycles. The molecule has 0 bridgehead atoms. The van der Waals surface area contributed by atoms with Crippen molar-refractivity contribution < 1.29 is 18.4 Å². The molecule has 0 rings (SSSR count). The van der Waals surface area contributed by atoms with Crippen molar-refractivity contribution in [1.82, 2.24) is 5.32 Å². The Labute approximate surface area is 113 Å². The highest BCUT2D eigenvalue weighted by molar-refractivity contribution is 7.98. The summed E-state index contributed by atoms with van der Waals surface area (Å²) < 4.78 is 22.4. The van der Waals surface area contributed by atoms with Gasteiger partial charge in [-0.25, -0.2) is 0 Å². The molecule has 0 aliphatic rings. The normalized spacial score (nSPS) is 13.5. The first-order chi connectivity index (χ1) is 8.49. The number of thioether (sulfide) groups is 1. The molecule has 108 valence electrons. The molecule has 0 spiro atoms. The van der Waals surface area contributed by atoms with Gasteiger partial charge in [0.25, 0.3) is 0 Å². The number of nitrogens with one attached hydrogen (secondary N) is 1. The number of primary amides is 1. The maximum absolute atomic E-state index is 12.1. The Morgan fingerprint density at radius 2 is 1.94 bits per heavy atom. The summed E-state index contributed by atoms with van der Waals surface area (Å²) in [7, 11) is -3.17. The van der Waals surface area contributed by atoms with Gasteiger partial charge in [-0.2, -0.15) is 11.8 Å². The van der Waals surface area contributed by atoms with E-state index in [0.717, 1.165) is 5.75 Å². The van der Waals surface area contributed by atoms with E-state index < -0.39 is 19.5 Å². The van der Waals surface area contributed by atoms with Crippen LogP contribution in [0.3, 0.4) is 0 Å². The maximum Gasteiger partial charge on any atom is 0.344 e. The largest absolute Gasteiger partial charge is 0.368 e. The van der Waals surface area contributed by atoms with Crippen molar-refractivity contribution in [3.63, 3.8) is 0 Å². The fourth-order valence-electron chi connectivity index (χ4n) is 1.32. The van der Waals surface area contributed by atoms with Gasteiger partial charge in [-0.1, -0.05) is 0 Å². The Morgan fingerprint density at radius 1 is 1.39 bits per heavy atom. The molecular weight excluding hydrogens is 275 g/mol. The summed E-state index contributed by atoms with van der Waals surface area (Å²) in [5, 5.41) is 2.86. The first kappa shape index (κ1) is 17.9. The van der Waals surface area contributed by atoms with Crippen molar-refractivity contribution in [2.75, 3.05) is 31.5 Å². The number of carbonyl (C=O) groups is 1. The molecule has 0 heterocycles. The second-order valence-corrected chi connectivity index (χ2v) is 6.59. The van der Waals surface area contributed by atoms with Crippen molar-refractivity contribution in [3.05, 3.63) is 0 Å². The lowest BCUT2D eigenvalue weighted by Gasteiger charge is -2.20.